The Balaban J connectivity index is 3.22. The summed E-state index contributed by atoms with van der Waals surface area (Å²) in [6.07, 6.45) is 0.598. The Labute approximate surface area is 115 Å². The van der Waals surface area contributed by atoms with Crippen molar-refractivity contribution in [3.8, 4) is 0 Å². The topological polar surface area (TPSA) is 75.4 Å². The number of anilines is 1. The SMILES string of the molecule is CCC(C)(CO)Nc1cc(Cl)c(Cl)cc1[N+](=O)[O-]. The fraction of sp³-hybridized carbons (Fsp3) is 0.455. The van der Waals surface area contributed by atoms with Crippen LogP contribution in [0.1, 0.15) is 20.3 Å². The monoisotopic (exact) mass is 292 g/mol. The number of aliphatic hydroxyl groups excluding tert-OH is 1. The lowest BCUT2D eigenvalue weighted by molar-refractivity contribution is -0.384. The molecule has 7 heteroatoms. The van der Waals surface area contributed by atoms with Gasteiger partial charge in [0, 0.05) is 6.07 Å². The second-order valence-corrected chi connectivity index (χ2v) is 5.05. The third kappa shape index (κ3) is 3.25. The summed E-state index contributed by atoms with van der Waals surface area (Å²) in [6.45, 7) is 3.48. The molecule has 0 spiro atoms. The van der Waals surface area contributed by atoms with Gasteiger partial charge < -0.3 is 10.4 Å². The second-order valence-electron chi connectivity index (χ2n) is 4.24. The summed E-state index contributed by atoms with van der Waals surface area (Å²) in [5, 5.41) is 23.5. The minimum Gasteiger partial charge on any atom is -0.394 e. The molecule has 0 saturated heterocycles. The summed E-state index contributed by atoms with van der Waals surface area (Å²) in [5.74, 6) is 0. The first-order valence-corrected chi connectivity index (χ1v) is 6.11. The van der Waals surface area contributed by atoms with Gasteiger partial charge >= 0.3 is 0 Å². The number of aliphatic hydroxyl groups is 1. The van der Waals surface area contributed by atoms with Gasteiger partial charge in [0.2, 0.25) is 0 Å². The van der Waals surface area contributed by atoms with Gasteiger partial charge in [-0.2, -0.15) is 0 Å². The van der Waals surface area contributed by atoms with Crippen molar-refractivity contribution < 1.29 is 10.0 Å². The third-order valence-corrected chi connectivity index (χ3v) is 3.52. The maximum atomic E-state index is 10.9. The quantitative estimate of drug-likeness (QED) is 0.643. The zero-order valence-corrected chi connectivity index (χ0v) is 11.5. The molecule has 2 N–H and O–H groups in total. The van der Waals surface area contributed by atoms with Gasteiger partial charge in [-0.1, -0.05) is 30.1 Å². The standard InChI is InChI=1S/C11H14Cl2N2O3/c1-3-11(2,6-16)14-9-4-7(12)8(13)5-10(9)15(17)18/h4-5,14,16H,3,6H2,1-2H3. The average Bonchev–Trinajstić information content (AvgIpc) is 2.33. The van der Waals surface area contributed by atoms with Gasteiger partial charge in [0.1, 0.15) is 5.69 Å². The van der Waals surface area contributed by atoms with Gasteiger partial charge in [-0.15, -0.1) is 0 Å². The summed E-state index contributed by atoms with van der Waals surface area (Å²) in [6, 6.07) is 2.59. The summed E-state index contributed by atoms with van der Waals surface area (Å²) in [7, 11) is 0. The number of nitro groups is 1. The van der Waals surface area contributed by atoms with Gasteiger partial charge in [-0.3, -0.25) is 10.1 Å². The number of nitrogens with one attached hydrogen (secondary N) is 1. The predicted molar refractivity (Wildman–Crippen MR) is 72.5 cm³/mol. The fourth-order valence-corrected chi connectivity index (χ4v) is 1.67. The number of benzene rings is 1. The summed E-state index contributed by atoms with van der Waals surface area (Å²) in [5.41, 5.74) is -0.576. The van der Waals surface area contributed by atoms with E-state index in [1.165, 1.54) is 12.1 Å². The molecule has 0 heterocycles. The molecule has 0 amide bonds. The van der Waals surface area contributed by atoms with E-state index < -0.39 is 10.5 Å². The average molecular weight is 293 g/mol. The molecule has 0 radical (unpaired) electrons. The molecule has 0 aliphatic heterocycles. The predicted octanol–water partition coefficient (Wildman–Crippen LogP) is 3.47. The highest BCUT2D eigenvalue weighted by Crippen LogP contribution is 2.35. The highest BCUT2D eigenvalue weighted by atomic mass is 35.5. The largest absolute Gasteiger partial charge is 0.394 e. The van der Waals surface area contributed by atoms with E-state index in [2.05, 4.69) is 5.32 Å². The maximum absolute atomic E-state index is 10.9. The maximum Gasteiger partial charge on any atom is 0.293 e. The van der Waals surface area contributed by atoms with Crippen molar-refractivity contribution >= 4 is 34.6 Å². The van der Waals surface area contributed by atoms with E-state index >= 15 is 0 Å². The summed E-state index contributed by atoms with van der Waals surface area (Å²) >= 11 is 11.6. The van der Waals surface area contributed by atoms with Gasteiger partial charge in [0.05, 0.1) is 27.1 Å². The molecule has 1 unspecified atom stereocenters. The van der Waals surface area contributed by atoms with Crippen LogP contribution in [-0.4, -0.2) is 22.2 Å². The van der Waals surface area contributed by atoms with Crippen molar-refractivity contribution in [1.82, 2.24) is 0 Å². The van der Waals surface area contributed by atoms with Crippen LogP contribution in [0.15, 0.2) is 12.1 Å². The first kappa shape index (κ1) is 15.0. The normalized spacial score (nSPS) is 14.1. The van der Waals surface area contributed by atoms with Crippen molar-refractivity contribution in [3.05, 3.63) is 32.3 Å². The number of halogens is 2. The van der Waals surface area contributed by atoms with Crippen molar-refractivity contribution in [2.45, 2.75) is 25.8 Å². The minimum atomic E-state index is -0.651. The fourth-order valence-electron chi connectivity index (χ4n) is 1.35. The zero-order valence-electron chi connectivity index (χ0n) is 10.0. The molecule has 1 atom stereocenters. The molecule has 1 aromatic rings. The first-order valence-electron chi connectivity index (χ1n) is 5.35. The van der Waals surface area contributed by atoms with Crippen LogP contribution in [0.25, 0.3) is 0 Å². The van der Waals surface area contributed by atoms with E-state index in [1.807, 2.05) is 6.92 Å². The molecule has 0 aromatic heterocycles. The molecule has 100 valence electrons. The van der Waals surface area contributed by atoms with Crippen LogP contribution >= 0.6 is 23.2 Å². The van der Waals surface area contributed by atoms with E-state index in [1.54, 1.807) is 6.92 Å². The van der Waals surface area contributed by atoms with Gasteiger partial charge in [0.15, 0.2) is 0 Å². The molecule has 5 nitrogen and oxygen atoms in total. The number of nitro benzene ring substituents is 1. The van der Waals surface area contributed by atoms with Crippen molar-refractivity contribution in [2.24, 2.45) is 0 Å². The number of rotatable bonds is 5. The van der Waals surface area contributed by atoms with Crippen molar-refractivity contribution in [2.75, 3.05) is 11.9 Å². The van der Waals surface area contributed by atoms with Crippen molar-refractivity contribution in [3.63, 3.8) is 0 Å². The third-order valence-electron chi connectivity index (χ3n) is 2.80. The molecular weight excluding hydrogens is 279 g/mol. The zero-order chi connectivity index (χ0) is 13.9. The van der Waals surface area contributed by atoms with E-state index in [9.17, 15) is 15.2 Å². The molecule has 0 bridgehead atoms. The van der Waals surface area contributed by atoms with E-state index in [4.69, 9.17) is 23.2 Å². The molecule has 0 aliphatic rings. The van der Waals surface area contributed by atoms with Crippen LogP contribution in [0.5, 0.6) is 0 Å². The molecule has 0 saturated carbocycles. The van der Waals surface area contributed by atoms with Crippen LogP contribution in [0.3, 0.4) is 0 Å². The van der Waals surface area contributed by atoms with E-state index in [0.29, 0.717) is 6.42 Å². The molecule has 0 aliphatic carbocycles. The van der Waals surface area contributed by atoms with E-state index in [0.717, 1.165) is 0 Å². The first-order chi connectivity index (χ1) is 8.33. The van der Waals surface area contributed by atoms with Gasteiger partial charge in [-0.05, 0) is 19.4 Å². The molecular formula is C11H14Cl2N2O3. The Morgan fingerprint density at radius 1 is 1.44 bits per heavy atom. The summed E-state index contributed by atoms with van der Waals surface area (Å²) in [4.78, 5) is 10.4. The Kier molecular flexibility index (Phi) is 4.78. The van der Waals surface area contributed by atoms with Crippen LogP contribution in [0.4, 0.5) is 11.4 Å². The van der Waals surface area contributed by atoms with Crippen LogP contribution in [0, 0.1) is 10.1 Å². The lowest BCUT2D eigenvalue weighted by Crippen LogP contribution is -2.38. The van der Waals surface area contributed by atoms with Crippen molar-refractivity contribution in [1.29, 1.82) is 0 Å². The Hall–Kier alpha value is -1.04. The number of nitrogens with zero attached hydrogens (tertiary/aromatic N) is 1. The Morgan fingerprint density at radius 3 is 2.44 bits per heavy atom. The lowest BCUT2D eigenvalue weighted by atomic mass is 9.99. The number of hydrogen-bond donors (Lipinski definition) is 2. The summed E-state index contributed by atoms with van der Waals surface area (Å²) < 4.78 is 0. The minimum absolute atomic E-state index is 0.121. The van der Waals surface area contributed by atoms with Crippen LogP contribution < -0.4 is 5.32 Å². The van der Waals surface area contributed by atoms with E-state index in [-0.39, 0.29) is 28.0 Å². The highest BCUT2D eigenvalue weighted by molar-refractivity contribution is 6.42. The van der Waals surface area contributed by atoms with Gasteiger partial charge in [0.25, 0.3) is 5.69 Å². The van der Waals surface area contributed by atoms with Crippen LogP contribution in [0.2, 0.25) is 10.0 Å². The molecule has 18 heavy (non-hydrogen) atoms. The Bertz CT molecular complexity index is 462. The molecule has 1 aromatic carbocycles. The molecule has 0 fully saturated rings. The number of hydrogen-bond acceptors (Lipinski definition) is 4. The highest BCUT2D eigenvalue weighted by Gasteiger charge is 2.25. The second kappa shape index (κ2) is 5.73. The molecule has 1 rings (SSSR count). The Morgan fingerprint density at radius 2 is 2.00 bits per heavy atom. The lowest BCUT2D eigenvalue weighted by Gasteiger charge is -2.28. The van der Waals surface area contributed by atoms with Crippen LogP contribution in [-0.2, 0) is 0 Å². The smallest absolute Gasteiger partial charge is 0.293 e. The van der Waals surface area contributed by atoms with Gasteiger partial charge in [-0.25, -0.2) is 0 Å².